The van der Waals surface area contributed by atoms with Gasteiger partial charge in [-0.15, -0.1) is 0 Å². The number of rotatable bonds is 7. The molecule has 5 nitrogen and oxygen atoms in total. The summed E-state index contributed by atoms with van der Waals surface area (Å²) in [6.45, 7) is 7.58. The van der Waals surface area contributed by atoms with E-state index in [4.69, 9.17) is 0 Å². The average Bonchev–Trinajstić information content (AvgIpc) is 2.76. The van der Waals surface area contributed by atoms with Crippen LogP contribution in [0.15, 0.2) is 12.3 Å². The van der Waals surface area contributed by atoms with Gasteiger partial charge in [0.1, 0.15) is 5.69 Å². The summed E-state index contributed by atoms with van der Waals surface area (Å²) in [5.41, 5.74) is 0.00295. The van der Waals surface area contributed by atoms with E-state index in [1.54, 1.807) is 30.8 Å². The van der Waals surface area contributed by atoms with E-state index in [1.165, 1.54) is 6.92 Å². The van der Waals surface area contributed by atoms with Gasteiger partial charge < -0.3 is 15.0 Å². The predicted molar refractivity (Wildman–Crippen MR) is 82.4 cm³/mol. The zero-order chi connectivity index (χ0) is 16.2. The van der Waals surface area contributed by atoms with Gasteiger partial charge in [0.25, 0.3) is 5.91 Å². The normalized spacial score (nSPS) is 14.0. The molecule has 0 saturated heterocycles. The van der Waals surface area contributed by atoms with E-state index in [1.807, 2.05) is 0 Å². The lowest BCUT2D eigenvalue weighted by Gasteiger charge is -2.24. The minimum absolute atomic E-state index is 0.0754. The Morgan fingerprint density at radius 1 is 1.43 bits per heavy atom. The van der Waals surface area contributed by atoms with Crippen molar-refractivity contribution in [3.63, 3.8) is 0 Å². The maximum absolute atomic E-state index is 12.1. The van der Waals surface area contributed by atoms with Crippen LogP contribution in [0, 0.1) is 5.92 Å². The lowest BCUT2D eigenvalue weighted by molar-refractivity contribution is 0.0427. The van der Waals surface area contributed by atoms with Crippen LogP contribution < -0.4 is 5.32 Å². The molecule has 1 amide bonds. The second-order valence-corrected chi connectivity index (χ2v) is 6.39. The van der Waals surface area contributed by atoms with Crippen molar-refractivity contribution in [3.05, 3.63) is 23.5 Å². The van der Waals surface area contributed by atoms with E-state index in [9.17, 15) is 14.7 Å². The monoisotopic (exact) mass is 294 g/mol. The van der Waals surface area contributed by atoms with Crippen LogP contribution in [-0.2, 0) is 7.05 Å². The minimum Gasteiger partial charge on any atom is -0.388 e. The number of aliphatic hydroxyl groups is 1. The first kappa shape index (κ1) is 17.4. The third-order valence-electron chi connectivity index (χ3n) is 3.53. The molecular weight excluding hydrogens is 268 g/mol. The molecule has 21 heavy (non-hydrogen) atoms. The molecule has 0 radical (unpaired) electrons. The fourth-order valence-electron chi connectivity index (χ4n) is 2.03. The Morgan fingerprint density at radius 2 is 2.05 bits per heavy atom. The number of aryl methyl sites for hydroxylation is 1. The van der Waals surface area contributed by atoms with Crippen LogP contribution in [-0.4, -0.2) is 33.5 Å². The van der Waals surface area contributed by atoms with Crippen LogP contribution >= 0.6 is 0 Å². The molecule has 1 unspecified atom stereocenters. The van der Waals surface area contributed by atoms with E-state index < -0.39 is 5.60 Å². The Bertz CT molecular complexity index is 516. The molecule has 0 aromatic carbocycles. The lowest BCUT2D eigenvalue weighted by atomic mass is 9.95. The summed E-state index contributed by atoms with van der Waals surface area (Å²) in [7, 11) is 1.72. The van der Waals surface area contributed by atoms with Gasteiger partial charge in [0.2, 0.25) is 0 Å². The molecule has 2 N–H and O–H groups in total. The van der Waals surface area contributed by atoms with Crippen LogP contribution in [0.2, 0.25) is 0 Å². The van der Waals surface area contributed by atoms with Crippen LogP contribution in [0.4, 0.5) is 0 Å². The van der Waals surface area contributed by atoms with Crippen LogP contribution in [0.1, 0.15) is 61.4 Å². The van der Waals surface area contributed by atoms with Crippen LogP contribution in [0.5, 0.6) is 0 Å². The van der Waals surface area contributed by atoms with E-state index in [0.29, 0.717) is 23.6 Å². The molecule has 0 spiro atoms. The summed E-state index contributed by atoms with van der Waals surface area (Å²) < 4.78 is 1.62. The number of aromatic nitrogens is 1. The van der Waals surface area contributed by atoms with Gasteiger partial charge in [-0.1, -0.05) is 13.8 Å². The summed E-state index contributed by atoms with van der Waals surface area (Å²) in [4.78, 5) is 23.4. The number of Topliss-reactive ketones (excluding diaryl/α,β-unsaturated/α-hetero) is 1. The van der Waals surface area contributed by atoms with E-state index >= 15 is 0 Å². The van der Waals surface area contributed by atoms with Crippen molar-refractivity contribution >= 4 is 11.7 Å². The van der Waals surface area contributed by atoms with Crippen LogP contribution in [0.25, 0.3) is 0 Å². The maximum Gasteiger partial charge on any atom is 0.268 e. The van der Waals surface area contributed by atoms with Crippen molar-refractivity contribution in [2.24, 2.45) is 13.0 Å². The number of amides is 1. The van der Waals surface area contributed by atoms with Crippen molar-refractivity contribution < 1.29 is 14.7 Å². The van der Waals surface area contributed by atoms with Gasteiger partial charge in [0.15, 0.2) is 5.78 Å². The van der Waals surface area contributed by atoms with Gasteiger partial charge in [-0.25, -0.2) is 0 Å². The van der Waals surface area contributed by atoms with Gasteiger partial charge >= 0.3 is 0 Å². The van der Waals surface area contributed by atoms with Crippen molar-refractivity contribution in [3.8, 4) is 0 Å². The predicted octanol–water partition coefficient (Wildman–Crippen LogP) is 2.14. The third-order valence-corrected chi connectivity index (χ3v) is 3.53. The topological polar surface area (TPSA) is 71.3 Å². The summed E-state index contributed by atoms with van der Waals surface area (Å²) in [6, 6.07) is 1.57. The number of nitrogens with zero attached hydrogens (tertiary/aromatic N) is 1. The van der Waals surface area contributed by atoms with Gasteiger partial charge in [0, 0.05) is 25.4 Å². The first-order valence-corrected chi connectivity index (χ1v) is 7.30. The molecule has 1 aromatic rings. The fourth-order valence-corrected chi connectivity index (χ4v) is 2.03. The fraction of sp³-hybridized carbons (Fsp3) is 0.625. The van der Waals surface area contributed by atoms with Crippen molar-refractivity contribution in [2.75, 3.05) is 6.54 Å². The van der Waals surface area contributed by atoms with E-state index in [0.717, 1.165) is 6.42 Å². The maximum atomic E-state index is 12.1. The number of nitrogens with one attached hydrogen (secondary N) is 1. The Balaban J connectivity index is 2.63. The summed E-state index contributed by atoms with van der Waals surface area (Å²) in [5.74, 6) is 0.154. The van der Waals surface area contributed by atoms with Crippen molar-refractivity contribution in [1.29, 1.82) is 0 Å². The quantitative estimate of drug-likeness (QED) is 0.757. The molecule has 0 saturated carbocycles. The summed E-state index contributed by atoms with van der Waals surface area (Å²) in [5, 5.41) is 13.0. The molecule has 1 heterocycles. The smallest absolute Gasteiger partial charge is 0.268 e. The Morgan fingerprint density at radius 3 is 2.52 bits per heavy atom. The zero-order valence-electron chi connectivity index (χ0n) is 13.6. The molecule has 0 bridgehead atoms. The molecule has 0 aliphatic rings. The second kappa shape index (κ2) is 6.89. The molecule has 0 aliphatic carbocycles. The highest BCUT2D eigenvalue weighted by Crippen LogP contribution is 2.16. The molecule has 1 aromatic heterocycles. The molecular formula is C16H26N2O3. The van der Waals surface area contributed by atoms with Crippen molar-refractivity contribution in [2.45, 2.75) is 46.1 Å². The van der Waals surface area contributed by atoms with E-state index in [2.05, 4.69) is 19.2 Å². The lowest BCUT2D eigenvalue weighted by Crippen LogP contribution is -2.41. The van der Waals surface area contributed by atoms with Crippen LogP contribution in [0.3, 0.4) is 0 Å². The van der Waals surface area contributed by atoms with Gasteiger partial charge in [0.05, 0.1) is 5.60 Å². The molecule has 1 rings (SSSR count). The van der Waals surface area contributed by atoms with Gasteiger partial charge in [-0.05, 0) is 38.7 Å². The SMILES string of the molecule is CC(=O)c1cc(C(=O)NCC(C)(O)CCC(C)C)n(C)c1. The summed E-state index contributed by atoms with van der Waals surface area (Å²) >= 11 is 0. The largest absolute Gasteiger partial charge is 0.388 e. The molecule has 0 aliphatic heterocycles. The molecule has 0 fully saturated rings. The summed E-state index contributed by atoms with van der Waals surface area (Å²) in [6.07, 6.45) is 3.17. The number of hydrogen-bond donors (Lipinski definition) is 2. The highest BCUT2D eigenvalue weighted by Gasteiger charge is 2.22. The van der Waals surface area contributed by atoms with Gasteiger partial charge in [-0.2, -0.15) is 0 Å². The Labute approximate surface area is 126 Å². The first-order valence-electron chi connectivity index (χ1n) is 7.30. The standard InChI is InChI=1S/C16H26N2O3/c1-11(2)6-7-16(4,21)10-17-15(20)14-8-13(12(3)19)9-18(14)5/h8-9,11,21H,6-7,10H2,1-5H3,(H,17,20). The number of carbonyl (C=O) groups excluding carboxylic acids is 2. The molecule has 1 atom stereocenters. The minimum atomic E-state index is -0.922. The van der Waals surface area contributed by atoms with Gasteiger partial charge in [-0.3, -0.25) is 9.59 Å². The highest BCUT2D eigenvalue weighted by molar-refractivity contribution is 5.99. The van der Waals surface area contributed by atoms with E-state index in [-0.39, 0.29) is 18.2 Å². The zero-order valence-corrected chi connectivity index (χ0v) is 13.6. The molecule has 118 valence electrons. The first-order chi connectivity index (χ1) is 9.62. The van der Waals surface area contributed by atoms with Crippen molar-refractivity contribution in [1.82, 2.24) is 9.88 Å². The highest BCUT2D eigenvalue weighted by atomic mass is 16.3. The Kier molecular flexibility index (Phi) is 5.72. The Hall–Kier alpha value is -1.62. The number of hydrogen-bond acceptors (Lipinski definition) is 3. The second-order valence-electron chi connectivity index (χ2n) is 6.39. The average molecular weight is 294 g/mol. The number of carbonyl (C=O) groups is 2. The molecule has 5 heteroatoms. The number of ketones is 1. The third kappa shape index (κ3) is 5.34.